The van der Waals surface area contributed by atoms with E-state index in [0.717, 1.165) is 34.1 Å². The average molecular weight is 465 g/mol. The maximum Gasteiger partial charge on any atom is 0.252 e. The van der Waals surface area contributed by atoms with Crippen molar-refractivity contribution in [1.82, 2.24) is 25.5 Å². The number of aliphatic hydroxyl groups is 1. The molecule has 180 valence electrons. The van der Waals surface area contributed by atoms with Crippen molar-refractivity contribution in [2.45, 2.75) is 52.2 Å². The number of aromatic amines is 1. The fourth-order valence-electron chi connectivity index (χ4n) is 4.12. The first-order chi connectivity index (χ1) is 16.3. The van der Waals surface area contributed by atoms with Crippen LogP contribution in [0.25, 0.3) is 0 Å². The molecule has 4 rings (SSSR count). The highest BCUT2D eigenvalue weighted by molar-refractivity contribution is 5.85. The van der Waals surface area contributed by atoms with E-state index in [9.17, 15) is 9.90 Å². The zero-order valence-electron chi connectivity index (χ0n) is 20.0. The summed E-state index contributed by atoms with van der Waals surface area (Å²) in [5, 5.41) is 21.1. The van der Waals surface area contributed by atoms with Gasteiger partial charge >= 0.3 is 0 Å². The number of amides is 1. The molecule has 9 nitrogen and oxygen atoms in total. The number of hydrogen-bond acceptors (Lipinski definition) is 7. The van der Waals surface area contributed by atoms with E-state index in [4.69, 9.17) is 9.72 Å². The summed E-state index contributed by atoms with van der Waals surface area (Å²) in [6, 6.07) is 11.5. The largest absolute Gasteiger partial charge is 0.494 e. The smallest absolute Gasteiger partial charge is 0.252 e. The van der Waals surface area contributed by atoms with Crippen LogP contribution in [0, 0.1) is 13.8 Å². The lowest BCUT2D eigenvalue weighted by atomic mass is 9.90. The molecule has 1 amide bonds. The van der Waals surface area contributed by atoms with Crippen molar-refractivity contribution in [2.75, 3.05) is 24.6 Å². The molecule has 1 saturated heterocycles. The molecule has 0 aliphatic carbocycles. The topological polar surface area (TPSA) is 116 Å². The molecular weight excluding hydrogens is 432 g/mol. The summed E-state index contributed by atoms with van der Waals surface area (Å²) in [6.07, 6.45) is 1.24. The first kappa shape index (κ1) is 23.7. The van der Waals surface area contributed by atoms with E-state index in [0.29, 0.717) is 51.5 Å². The summed E-state index contributed by atoms with van der Waals surface area (Å²) < 4.78 is 5.44. The van der Waals surface area contributed by atoms with Gasteiger partial charge in [-0.2, -0.15) is 5.10 Å². The van der Waals surface area contributed by atoms with Crippen LogP contribution >= 0.6 is 0 Å². The lowest BCUT2D eigenvalue weighted by molar-refractivity contribution is -0.142. The standard InChI is InChI=1S/C25H32N6O3/c1-4-34-22-7-5-19(6-8-22)16-26-23(32)25(33)9-11-31(12-10-25)24-27-17(2)13-20(28-24)15-21-14-18(3)29-30-21/h5-8,13-14,33H,4,9-12,15-16H2,1-3H3,(H,26,32)(H,29,30). The molecule has 9 heteroatoms. The SMILES string of the molecule is CCOc1ccc(CNC(=O)C2(O)CCN(c3nc(C)cc(Cc4cc(C)[nH]n4)n3)CC2)cc1. The number of carbonyl (C=O) groups is 1. The van der Waals surface area contributed by atoms with Gasteiger partial charge in [-0.3, -0.25) is 9.89 Å². The number of ether oxygens (including phenoxy) is 1. The summed E-state index contributed by atoms with van der Waals surface area (Å²) in [4.78, 5) is 24.1. The van der Waals surface area contributed by atoms with Crippen LogP contribution < -0.4 is 15.0 Å². The number of piperidine rings is 1. The molecule has 34 heavy (non-hydrogen) atoms. The van der Waals surface area contributed by atoms with Gasteiger partial charge in [0.1, 0.15) is 11.4 Å². The number of anilines is 1. The zero-order chi connectivity index (χ0) is 24.1. The molecule has 2 aromatic heterocycles. The molecule has 1 aromatic carbocycles. The third kappa shape index (κ3) is 5.72. The molecule has 0 spiro atoms. The summed E-state index contributed by atoms with van der Waals surface area (Å²) in [7, 11) is 0. The highest BCUT2D eigenvalue weighted by Gasteiger charge is 2.39. The van der Waals surface area contributed by atoms with Gasteiger partial charge in [-0.15, -0.1) is 0 Å². The highest BCUT2D eigenvalue weighted by Crippen LogP contribution is 2.26. The maximum absolute atomic E-state index is 12.8. The normalized spacial score (nSPS) is 15.2. The molecule has 1 aliphatic rings. The van der Waals surface area contributed by atoms with Gasteiger partial charge in [0.05, 0.1) is 18.0 Å². The number of benzene rings is 1. The van der Waals surface area contributed by atoms with Gasteiger partial charge in [-0.25, -0.2) is 9.97 Å². The number of nitrogens with zero attached hydrogens (tertiary/aromatic N) is 4. The minimum absolute atomic E-state index is 0.313. The van der Waals surface area contributed by atoms with Crippen molar-refractivity contribution in [1.29, 1.82) is 0 Å². The number of hydrogen-bond donors (Lipinski definition) is 3. The Bertz CT molecular complexity index is 1120. The Balaban J connectivity index is 1.34. The monoisotopic (exact) mass is 464 g/mol. The van der Waals surface area contributed by atoms with Gasteiger partial charge in [0, 0.05) is 50.3 Å². The van der Waals surface area contributed by atoms with Crippen molar-refractivity contribution >= 4 is 11.9 Å². The van der Waals surface area contributed by atoms with Gasteiger partial charge in [0.2, 0.25) is 5.95 Å². The molecule has 0 atom stereocenters. The predicted molar refractivity (Wildman–Crippen MR) is 129 cm³/mol. The quantitative estimate of drug-likeness (QED) is 0.469. The first-order valence-corrected chi connectivity index (χ1v) is 11.7. The van der Waals surface area contributed by atoms with Crippen LogP contribution in [0.5, 0.6) is 5.75 Å². The van der Waals surface area contributed by atoms with Crippen molar-refractivity contribution in [3.63, 3.8) is 0 Å². The fraction of sp³-hybridized carbons (Fsp3) is 0.440. The number of rotatable bonds is 8. The molecule has 0 unspecified atom stereocenters. The number of aryl methyl sites for hydroxylation is 2. The van der Waals surface area contributed by atoms with Crippen LogP contribution in [0.2, 0.25) is 0 Å². The van der Waals surface area contributed by atoms with Crippen LogP contribution in [0.4, 0.5) is 5.95 Å². The van der Waals surface area contributed by atoms with Crippen molar-refractivity contribution in [2.24, 2.45) is 0 Å². The van der Waals surface area contributed by atoms with Crippen LogP contribution in [-0.2, 0) is 17.8 Å². The Morgan fingerprint density at radius 3 is 2.53 bits per heavy atom. The van der Waals surface area contributed by atoms with E-state index < -0.39 is 5.60 Å². The lowest BCUT2D eigenvalue weighted by Gasteiger charge is -2.37. The summed E-state index contributed by atoms with van der Waals surface area (Å²) in [5.41, 5.74) is 3.26. The third-order valence-electron chi connectivity index (χ3n) is 6.00. The van der Waals surface area contributed by atoms with E-state index in [2.05, 4.69) is 20.5 Å². The van der Waals surface area contributed by atoms with Gasteiger partial charge in [0.15, 0.2) is 0 Å². The van der Waals surface area contributed by atoms with E-state index >= 15 is 0 Å². The minimum Gasteiger partial charge on any atom is -0.494 e. The summed E-state index contributed by atoms with van der Waals surface area (Å²) in [6.45, 7) is 7.81. The Kier molecular flexibility index (Phi) is 7.12. The van der Waals surface area contributed by atoms with Gasteiger partial charge in [0.25, 0.3) is 5.91 Å². The number of H-pyrrole nitrogens is 1. The number of carbonyl (C=O) groups excluding carboxylic acids is 1. The molecule has 1 aliphatic heterocycles. The highest BCUT2D eigenvalue weighted by atomic mass is 16.5. The van der Waals surface area contributed by atoms with Gasteiger partial charge < -0.3 is 20.1 Å². The summed E-state index contributed by atoms with van der Waals surface area (Å²) >= 11 is 0. The number of aromatic nitrogens is 4. The molecule has 3 N–H and O–H groups in total. The zero-order valence-corrected chi connectivity index (χ0v) is 20.0. The van der Waals surface area contributed by atoms with Gasteiger partial charge in [-0.05, 0) is 50.6 Å². The van der Waals surface area contributed by atoms with Crippen molar-refractivity contribution < 1.29 is 14.6 Å². The molecule has 3 aromatic rings. The van der Waals surface area contributed by atoms with Crippen LogP contribution in [0.15, 0.2) is 36.4 Å². The predicted octanol–water partition coefficient (Wildman–Crippen LogP) is 2.45. The van der Waals surface area contributed by atoms with Crippen molar-refractivity contribution in [3.05, 3.63) is 64.7 Å². The summed E-state index contributed by atoms with van der Waals surface area (Å²) in [5.74, 6) is 1.07. The van der Waals surface area contributed by atoms with E-state index in [1.54, 1.807) is 0 Å². The van der Waals surface area contributed by atoms with Crippen LogP contribution in [0.3, 0.4) is 0 Å². The first-order valence-electron chi connectivity index (χ1n) is 11.7. The molecule has 0 radical (unpaired) electrons. The average Bonchev–Trinajstić information content (AvgIpc) is 3.23. The Hall–Kier alpha value is -3.46. The van der Waals surface area contributed by atoms with Crippen LogP contribution in [-0.4, -0.2) is 56.5 Å². The third-order valence-corrected chi connectivity index (χ3v) is 6.00. The van der Waals surface area contributed by atoms with Crippen molar-refractivity contribution in [3.8, 4) is 5.75 Å². The van der Waals surface area contributed by atoms with E-state index in [-0.39, 0.29) is 5.91 Å². The second-order valence-electron chi connectivity index (χ2n) is 8.80. The Morgan fingerprint density at radius 1 is 1.15 bits per heavy atom. The number of nitrogens with one attached hydrogen (secondary N) is 2. The van der Waals surface area contributed by atoms with E-state index in [1.807, 2.05) is 62.1 Å². The minimum atomic E-state index is -1.40. The lowest BCUT2D eigenvalue weighted by Crippen LogP contribution is -2.54. The molecule has 1 fully saturated rings. The molecule has 0 bridgehead atoms. The Labute approximate surface area is 199 Å². The fourth-order valence-corrected chi connectivity index (χ4v) is 4.12. The second-order valence-corrected chi connectivity index (χ2v) is 8.80. The Morgan fingerprint density at radius 2 is 1.88 bits per heavy atom. The molecule has 0 saturated carbocycles. The second kappa shape index (κ2) is 10.2. The maximum atomic E-state index is 12.8. The molecule has 3 heterocycles. The molecular formula is C25H32N6O3. The van der Waals surface area contributed by atoms with Crippen LogP contribution in [0.1, 0.15) is 48.1 Å². The van der Waals surface area contributed by atoms with E-state index in [1.165, 1.54) is 0 Å². The van der Waals surface area contributed by atoms with Gasteiger partial charge in [-0.1, -0.05) is 12.1 Å².